The van der Waals surface area contributed by atoms with Crippen molar-refractivity contribution in [3.8, 4) is 0 Å². The molecular formula is C15H15ClN2O3S. The Hall–Kier alpha value is -1.89. The van der Waals surface area contributed by atoms with Crippen molar-refractivity contribution in [2.75, 3.05) is 12.4 Å². The molecule has 0 saturated carbocycles. The zero-order chi connectivity index (χ0) is 16.3. The quantitative estimate of drug-likeness (QED) is 0.900. The molecule has 0 aliphatic rings. The Labute approximate surface area is 134 Å². The summed E-state index contributed by atoms with van der Waals surface area (Å²) in [6.07, 6.45) is 0. The normalized spacial score (nSPS) is 11.2. The van der Waals surface area contributed by atoms with E-state index in [1.54, 1.807) is 31.2 Å². The number of carbonyl (C=O) groups excluding carboxylic acids is 1. The summed E-state index contributed by atoms with van der Waals surface area (Å²) in [5, 5.41) is 3.27. The first kappa shape index (κ1) is 16.5. The number of rotatable bonds is 4. The number of nitrogens with one attached hydrogen (secondary N) is 2. The van der Waals surface area contributed by atoms with Crippen molar-refractivity contribution in [1.29, 1.82) is 0 Å². The number of amides is 1. The Morgan fingerprint density at radius 1 is 1.14 bits per heavy atom. The van der Waals surface area contributed by atoms with Crippen LogP contribution in [0.15, 0.2) is 47.4 Å². The average molecular weight is 339 g/mol. The maximum Gasteiger partial charge on any atom is 0.255 e. The molecule has 5 nitrogen and oxygen atoms in total. The van der Waals surface area contributed by atoms with Gasteiger partial charge in [-0.1, -0.05) is 23.7 Å². The van der Waals surface area contributed by atoms with Crippen LogP contribution in [-0.4, -0.2) is 21.4 Å². The van der Waals surface area contributed by atoms with Crippen molar-refractivity contribution in [1.82, 2.24) is 4.72 Å². The summed E-state index contributed by atoms with van der Waals surface area (Å²) in [6.45, 7) is 1.79. The minimum Gasteiger partial charge on any atom is -0.322 e. The first-order valence-electron chi connectivity index (χ1n) is 6.45. The Bertz CT molecular complexity index is 819. The van der Waals surface area contributed by atoms with E-state index in [0.29, 0.717) is 10.7 Å². The molecule has 0 spiro atoms. The van der Waals surface area contributed by atoms with Crippen LogP contribution in [-0.2, 0) is 10.0 Å². The summed E-state index contributed by atoms with van der Waals surface area (Å²) in [7, 11) is -2.28. The van der Waals surface area contributed by atoms with Crippen LogP contribution in [0.4, 0.5) is 5.69 Å². The molecule has 2 aromatic rings. The second kappa shape index (κ2) is 6.48. The Morgan fingerprint density at radius 3 is 2.50 bits per heavy atom. The van der Waals surface area contributed by atoms with Crippen LogP contribution in [0.2, 0.25) is 5.02 Å². The number of benzene rings is 2. The lowest BCUT2D eigenvalue weighted by Gasteiger charge is -2.10. The molecule has 0 aliphatic heterocycles. The van der Waals surface area contributed by atoms with Gasteiger partial charge in [0.25, 0.3) is 5.91 Å². The Balaban J connectivity index is 2.31. The molecule has 2 rings (SSSR count). The van der Waals surface area contributed by atoms with Crippen molar-refractivity contribution in [2.45, 2.75) is 11.8 Å². The Morgan fingerprint density at radius 2 is 1.82 bits per heavy atom. The van der Waals surface area contributed by atoms with Crippen LogP contribution in [0, 0.1) is 6.92 Å². The second-order valence-electron chi connectivity index (χ2n) is 4.60. The highest BCUT2D eigenvalue weighted by molar-refractivity contribution is 7.89. The van der Waals surface area contributed by atoms with Crippen molar-refractivity contribution in [2.24, 2.45) is 0 Å². The Kier molecular flexibility index (Phi) is 4.85. The van der Waals surface area contributed by atoms with Gasteiger partial charge in [-0.2, -0.15) is 0 Å². The molecule has 0 unspecified atom stereocenters. The molecule has 0 atom stereocenters. The van der Waals surface area contributed by atoms with Crippen LogP contribution in [0.5, 0.6) is 0 Å². The van der Waals surface area contributed by atoms with Crippen molar-refractivity contribution in [3.63, 3.8) is 0 Å². The standard InChI is InChI=1S/C15H15ClN2O3S/c1-10-13(16)7-4-8-14(10)18-15(19)11-5-3-6-12(9-11)22(20,21)17-2/h3-9,17H,1-2H3,(H,18,19). The third kappa shape index (κ3) is 3.47. The van der Waals surface area contributed by atoms with E-state index in [1.807, 2.05) is 0 Å². The first-order valence-corrected chi connectivity index (χ1v) is 8.31. The second-order valence-corrected chi connectivity index (χ2v) is 6.90. The zero-order valence-corrected chi connectivity index (χ0v) is 13.6. The summed E-state index contributed by atoms with van der Waals surface area (Å²) in [6, 6.07) is 11.0. The summed E-state index contributed by atoms with van der Waals surface area (Å²) in [5.41, 5.74) is 1.58. The minimum atomic E-state index is -3.59. The molecule has 0 radical (unpaired) electrons. The number of hydrogen-bond donors (Lipinski definition) is 2. The summed E-state index contributed by atoms with van der Waals surface area (Å²) >= 11 is 6.01. The van der Waals surface area contributed by atoms with Crippen LogP contribution >= 0.6 is 11.6 Å². The lowest BCUT2D eigenvalue weighted by Crippen LogP contribution is -2.19. The van der Waals surface area contributed by atoms with Crippen molar-refractivity contribution >= 4 is 33.2 Å². The minimum absolute atomic E-state index is 0.0328. The van der Waals surface area contributed by atoms with Crippen LogP contribution in [0.1, 0.15) is 15.9 Å². The van der Waals surface area contributed by atoms with E-state index in [4.69, 9.17) is 11.6 Å². The topological polar surface area (TPSA) is 75.3 Å². The maximum absolute atomic E-state index is 12.3. The van der Waals surface area contributed by atoms with Gasteiger partial charge in [-0.3, -0.25) is 4.79 Å². The molecule has 2 N–H and O–H groups in total. The molecule has 0 bridgehead atoms. The molecule has 2 aromatic carbocycles. The van der Waals surface area contributed by atoms with Crippen molar-refractivity contribution in [3.05, 3.63) is 58.6 Å². The molecule has 0 aliphatic carbocycles. The smallest absolute Gasteiger partial charge is 0.255 e. The van der Waals surface area contributed by atoms with Gasteiger partial charge in [-0.05, 0) is 49.9 Å². The summed E-state index contributed by atoms with van der Waals surface area (Å²) < 4.78 is 25.8. The average Bonchev–Trinajstić information content (AvgIpc) is 2.52. The first-order chi connectivity index (χ1) is 10.3. The SMILES string of the molecule is CNS(=O)(=O)c1cccc(C(=O)Nc2cccc(Cl)c2C)c1. The summed E-state index contributed by atoms with van der Waals surface area (Å²) in [4.78, 5) is 12.3. The largest absolute Gasteiger partial charge is 0.322 e. The lowest BCUT2D eigenvalue weighted by atomic mass is 10.1. The van der Waals surface area contributed by atoms with Gasteiger partial charge >= 0.3 is 0 Å². The van der Waals surface area contributed by atoms with Gasteiger partial charge in [-0.15, -0.1) is 0 Å². The lowest BCUT2D eigenvalue weighted by molar-refractivity contribution is 0.102. The van der Waals surface area contributed by atoms with Crippen LogP contribution < -0.4 is 10.0 Å². The predicted molar refractivity (Wildman–Crippen MR) is 86.8 cm³/mol. The van der Waals surface area contributed by atoms with E-state index >= 15 is 0 Å². The highest BCUT2D eigenvalue weighted by atomic mass is 35.5. The van der Waals surface area contributed by atoms with Gasteiger partial charge in [0.2, 0.25) is 10.0 Å². The monoisotopic (exact) mass is 338 g/mol. The number of hydrogen-bond acceptors (Lipinski definition) is 3. The molecule has 0 fully saturated rings. The molecular weight excluding hydrogens is 324 g/mol. The highest BCUT2D eigenvalue weighted by Gasteiger charge is 2.15. The number of sulfonamides is 1. The number of anilines is 1. The third-order valence-electron chi connectivity index (χ3n) is 3.19. The number of carbonyl (C=O) groups is 1. The van der Waals surface area contributed by atoms with E-state index in [9.17, 15) is 13.2 Å². The molecule has 0 saturated heterocycles. The van der Waals surface area contributed by atoms with Gasteiger partial charge in [0, 0.05) is 16.3 Å². The third-order valence-corrected chi connectivity index (χ3v) is 5.01. The van der Waals surface area contributed by atoms with E-state index in [-0.39, 0.29) is 10.5 Å². The van der Waals surface area contributed by atoms with Crippen LogP contribution in [0.3, 0.4) is 0 Å². The zero-order valence-electron chi connectivity index (χ0n) is 12.1. The summed E-state index contributed by atoms with van der Waals surface area (Å²) in [5.74, 6) is -0.404. The molecule has 0 heterocycles. The fourth-order valence-electron chi connectivity index (χ4n) is 1.86. The van der Waals surface area contributed by atoms with Gasteiger partial charge in [0.05, 0.1) is 4.90 Å². The van der Waals surface area contributed by atoms with Gasteiger partial charge in [0.15, 0.2) is 0 Å². The molecule has 1 amide bonds. The molecule has 116 valence electrons. The van der Waals surface area contributed by atoms with Crippen molar-refractivity contribution < 1.29 is 13.2 Å². The fraction of sp³-hybridized carbons (Fsp3) is 0.133. The van der Waals surface area contributed by atoms with E-state index in [0.717, 1.165) is 5.56 Å². The molecule has 22 heavy (non-hydrogen) atoms. The maximum atomic E-state index is 12.3. The van der Waals surface area contributed by atoms with E-state index in [1.165, 1.54) is 25.2 Å². The van der Waals surface area contributed by atoms with Gasteiger partial charge in [-0.25, -0.2) is 13.1 Å². The van der Waals surface area contributed by atoms with Crippen LogP contribution in [0.25, 0.3) is 0 Å². The van der Waals surface area contributed by atoms with E-state index in [2.05, 4.69) is 10.0 Å². The molecule has 7 heteroatoms. The van der Waals surface area contributed by atoms with E-state index < -0.39 is 15.9 Å². The van der Waals surface area contributed by atoms with Gasteiger partial charge in [0.1, 0.15) is 0 Å². The number of halogens is 1. The van der Waals surface area contributed by atoms with Gasteiger partial charge < -0.3 is 5.32 Å². The molecule has 0 aromatic heterocycles. The fourth-order valence-corrected chi connectivity index (χ4v) is 2.81. The highest BCUT2D eigenvalue weighted by Crippen LogP contribution is 2.23. The predicted octanol–water partition coefficient (Wildman–Crippen LogP) is 2.81.